The van der Waals surface area contributed by atoms with Gasteiger partial charge in [0.15, 0.2) is 0 Å². The van der Waals surface area contributed by atoms with Gasteiger partial charge in [-0.25, -0.2) is 13.1 Å². The van der Waals surface area contributed by atoms with Gasteiger partial charge in [0.1, 0.15) is 17.0 Å². The monoisotopic (exact) mass is 660 g/mol. The largest absolute Gasteiger partial charge is 0.461 e. The molecule has 0 bridgehead atoms. The van der Waals surface area contributed by atoms with E-state index in [2.05, 4.69) is 15.3 Å². The molecule has 1 amide bonds. The first-order valence-corrected chi connectivity index (χ1v) is 15.6. The normalized spacial score (nSPS) is 17.3. The fourth-order valence-electron chi connectivity index (χ4n) is 5.39. The van der Waals surface area contributed by atoms with Crippen molar-refractivity contribution in [3.8, 4) is 5.88 Å². The maximum absolute atomic E-state index is 13.9. The molecule has 2 aliphatic heterocycles. The number of pyridine rings is 1. The van der Waals surface area contributed by atoms with Gasteiger partial charge in [-0.1, -0.05) is 12.1 Å². The number of aromatic nitrogens is 2. The Kier molecular flexibility index (Phi) is 8.20. The van der Waals surface area contributed by atoms with Crippen LogP contribution < -0.4 is 19.7 Å². The van der Waals surface area contributed by atoms with Crippen LogP contribution in [-0.4, -0.2) is 67.8 Å². The smallest absolute Gasteiger partial charge is 0.427 e. The van der Waals surface area contributed by atoms with Gasteiger partial charge in [-0.15, -0.1) is 0 Å². The first-order chi connectivity index (χ1) is 21.9. The molecule has 1 saturated heterocycles. The summed E-state index contributed by atoms with van der Waals surface area (Å²) in [5.74, 6) is -1.26. The summed E-state index contributed by atoms with van der Waals surface area (Å²) in [6.45, 7) is 0.848. The molecule has 4 heterocycles. The lowest BCUT2D eigenvalue weighted by atomic mass is 10.0. The Morgan fingerprint density at radius 1 is 1.11 bits per heavy atom. The average Bonchev–Trinajstić information content (AvgIpc) is 3.49. The van der Waals surface area contributed by atoms with Crippen molar-refractivity contribution in [2.24, 2.45) is 5.92 Å². The number of sulfonamides is 1. The number of anilines is 3. The first kappa shape index (κ1) is 31.1. The Hall–Kier alpha value is -4.90. The molecule has 0 radical (unpaired) electrons. The second kappa shape index (κ2) is 12.1. The fraction of sp³-hybridized carbons (Fsp3) is 0.310. The van der Waals surface area contributed by atoms with Crippen LogP contribution >= 0.6 is 0 Å². The van der Waals surface area contributed by atoms with E-state index in [0.717, 1.165) is 25.0 Å². The zero-order chi connectivity index (χ0) is 32.6. The summed E-state index contributed by atoms with van der Waals surface area (Å²) in [7, 11) is -4.67. The minimum atomic E-state index is -4.79. The maximum atomic E-state index is 13.9. The highest BCUT2D eigenvalue weighted by molar-refractivity contribution is 7.90. The summed E-state index contributed by atoms with van der Waals surface area (Å²) in [5, 5.41) is 15.4. The van der Waals surface area contributed by atoms with E-state index in [1.54, 1.807) is 18.3 Å². The standard InChI is InChI=1S/C29H27F3N6O7S/c30-29(31,32)25-16-37(24-13-18-7-10-33-26(18)35-28(24)45-25)22-4-2-1-3-20(22)27(39)36-46(42,43)19-5-6-21(23(14-19)38(40)41)34-15-17-8-11-44-12-9-17/h1-7,10,13-14,17,25,34H,8-9,11-12,15-16H2,(H,33,35)(H,36,39). The number of para-hydroxylation sites is 1. The third-order valence-corrected chi connectivity index (χ3v) is 9.13. The lowest BCUT2D eigenvalue weighted by molar-refractivity contribution is -0.384. The average molecular weight is 661 g/mol. The van der Waals surface area contributed by atoms with Crippen LogP contribution in [0.15, 0.2) is 65.7 Å². The molecular formula is C29H27F3N6O7S. The number of hydrogen-bond acceptors (Lipinski definition) is 10. The molecule has 1 fully saturated rings. The van der Waals surface area contributed by atoms with Gasteiger partial charge in [-0.05, 0) is 55.2 Å². The number of rotatable bonds is 8. The van der Waals surface area contributed by atoms with E-state index in [1.165, 1.54) is 35.2 Å². The molecule has 2 aromatic heterocycles. The molecule has 2 aliphatic rings. The van der Waals surface area contributed by atoms with E-state index in [9.17, 15) is 36.5 Å². The lowest BCUT2D eigenvalue weighted by Crippen LogP contribution is -2.47. The first-order valence-electron chi connectivity index (χ1n) is 14.2. The number of nitro groups is 1. The molecule has 46 heavy (non-hydrogen) atoms. The van der Waals surface area contributed by atoms with Crippen molar-refractivity contribution in [2.75, 3.05) is 36.5 Å². The number of halogens is 3. The van der Waals surface area contributed by atoms with Gasteiger partial charge in [0.05, 0.1) is 27.6 Å². The van der Waals surface area contributed by atoms with Gasteiger partial charge < -0.3 is 24.7 Å². The van der Waals surface area contributed by atoms with Gasteiger partial charge in [-0.3, -0.25) is 14.9 Å². The zero-order valence-electron chi connectivity index (χ0n) is 23.9. The molecule has 1 unspecified atom stereocenters. The number of H-pyrrole nitrogens is 1. The summed E-state index contributed by atoms with van der Waals surface area (Å²) in [5.41, 5.74) is -0.271. The highest BCUT2D eigenvalue weighted by Gasteiger charge is 2.47. The van der Waals surface area contributed by atoms with Crippen LogP contribution in [0.5, 0.6) is 5.88 Å². The van der Waals surface area contributed by atoms with Gasteiger partial charge >= 0.3 is 6.18 Å². The van der Waals surface area contributed by atoms with Crippen LogP contribution in [0.25, 0.3) is 11.0 Å². The number of carbonyl (C=O) groups is 1. The molecule has 0 spiro atoms. The van der Waals surface area contributed by atoms with Crippen molar-refractivity contribution < 1.29 is 40.8 Å². The predicted molar refractivity (Wildman–Crippen MR) is 160 cm³/mol. The second-order valence-electron chi connectivity index (χ2n) is 10.8. The third kappa shape index (κ3) is 6.28. The molecular weight excluding hydrogens is 633 g/mol. The number of nitrogens with zero attached hydrogens (tertiary/aromatic N) is 3. The minimum absolute atomic E-state index is 0.0377. The molecule has 242 valence electrons. The van der Waals surface area contributed by atoms with Crippen LogP contribution in [0.4, 0.5) is 35.9 Å². The molecule has 1 atom stereocenters. The van der Waals surface area contributed by atoms with Gasteiger partial charge in [0.25, 0.3) is 21.6 Å². The second-order valence-corrected chi connectivity index (χ2v) is 12.5. The van der Waals surface area contributed by atoms with Crippen LogP contribution in [0.2, 0.25) is 0 Å². The number of amides is 1. The van der Waals surface area contributed by atoms with E-state index >= 15 is 0 Å². The number of ether oxygens (including phenoxy) is 2. The molecule has 17 heteroatoms. The molecule has 2 aromatic carbocycles. The van der Waals surface area contributed by atoms with E-state index in [-0.39, 0.29) is 40.1 Å². The van der Waals surface area contributed by atoms with Crippen LogP contribution in [0.1, 0.15) is 23.2 Å². The highest BCUT2D eigenvalue weighted by atomic mass is 32.2. The molecule has 0 aliphatic carbocycles. The Morgan fingerprint density at radius 3 is 2.61 bits per heavy atom. The molecule has 13 nitrogen and oxygen atoms in total. The quantitative estimate of drug-likeness (QED) is 0.175. The molecule has 6 rings (SSSR count). The van der Waals surface area contributed by atoms with Crippen molar-refractivity contribution >= 4 is 49.7 Å². The van der Waals surface area contributed by atoms with Crippen molar-refractivity contribution in [2.45, 2.75) is 30.0 Å². The van der Waals surface area contributed by atoms with E-state index in [4.69, 9.17) is 9.47 Å². The summed E-state index contributed by atoms with van der Waals surface area (Å²) in [4.78, 5) is 32.2. The summed E-state index contributed by atoms with van der Waals surface area (Å²) in [6, 6.07) is 12.0. The zero-order valence-corrected chi connectivity index (χ0v) is 24.7. The number of carbonyl (C=O) groups excluding carboxylic acids is 1. The van der Waals surface area contributed by atoms with Gasteiger partial charge in [0, 0.05) is 37.4 Å². The van der Waals surface area contributed by atoms with Crippen molar-refractivity contribution in [3.05, 3.63) is 76.5 Å². The summed E-state index contributed by atoms with van der Waals surface area (Å²) in [6.07, 6.45) is -3.98. The summed E-state index contributed by atoms with van der Waals surface area (Å²) >= 11 is 0. The topological polar surface area (TPSA) is 169 Å². The highest BCUT2D eigenvalue weighted by Crippen LogP contribution is 2.43. The minimum Gasteiger partial charge on any atom is -0.461 e. The number of hydrogen-bond donors (Lipinski definition) is 3. The Bertz CT molecular complexity index is 1910. The molecule has 4 aromatic rings. The number of alkyl halides is 3. The Labute approximate surface area is 259 Å². The molecule has 0 saturated carbocycles. The Morgan fingerprint density at radius 2 is 1.87 bits per heavy atom. The number of fused-ring (bicyclic) bond motifs is 2. The van der Waals surface area contributed by atoms with Crippen molar-refractivity contribution in [1.82, 2.24) is 14.7 Å². The predicted octanol–water partition coefficient (Wildman–Crippen LogP) is 4.89. The van der Waals surface area contributed by atoms with E-state index in [0.29, 0.717) is 25.1 Å². The molecule has 3 N–H and O–H groups in total. The van der Waals surface area contributed by atoms with Crippen LogP contribution in [0, 0.1) is 16.0 Å². The lowest BCUT2D eigenvalue weighted by Gasteiger charge is -2.36. The maximum Gasteiger partial charge on any atom is 0.427 e. The van der Waals surface area contributed by atoms with Crippen LogP contribution in [0.3, 0.4) is 0 Å². The van der Waals surface area contributed by atoms with Gasteiger partial charge in [0.2, 0.25) is 12.0 Å². The number of nitrogens with one attached hydrogen (secondary N) is 3. The summed E-state index contributed by atoms with van der Waals surface area (Å²) < 4.78 is 80.8. The van der Waals surface area contributed by atoms with Crippen molar-refractivity contribution in [1.29, 1.82) is 0 Å². The number of benzene rings is 2. The SMILES string of the molecule is O=C(NS(=O)(=O)c1ccc(NCC2CCOCC2)c([N+](=O)[O-])c1)c1ccccc1N1CC(C(F)(F)F)Oc2nc3[nH]ccc3cc21. The van der Waals surface area contributed by atoms with E-state index < -0.39 is 50.3 Å². The van der Waals surface area contributed by atoms with E-state index in [1.807, 2.05) is 4.72 Å². The Balaban J connectivity index is 1.29. The van der Waals surface area contributed by atoms with Gasteiger partial charge in [-0.2, -0.15) is 18.2 Å². The third-order valence-electron chi connectivity index (χ3n) is 7.80. The number of nitro benzene ring substituents is 1. The van der Waals surface area contributed by atoms with Crippen LogP contribution in [-0.2, 0) is 14.8 Å². The number of aromatic amines is 1. The fourth-order valence-corrected chi connectivity index (χ4v) is 6.38. The van der Waals surface area contributed by atoms with Crippen molar-refractivity contribution in [3.63, 3.8) is 0 Å².